The van der Waals surface area contributed by atoms with Gasteiger partial charge < -0.3 is 14.7 Å². The Kier molecular flexibility index (Phi) is 5.28. The molecular formula is C21H26N2O3. The van der Waals surface area contributed by atoms with Crippen LogP contribution < -0.4 is 0 Å². The number of nitrogens with zero attached hydrogens (tertiary/aromatic N) is 2. The molecule has 2 atom stereocenters. The van der Waals surface area contributed by atoms with Crippen LogP contribution in [0, 0.1) is 6.92 Å². The summed E-state index contributed by atoms with van der Waals surface area (Å²) in [4.78, 5) is 4.41. The summed E-state index contributed by atoms with van der Waals surface area (Å²) in [5.41, 5.74) is 1.36. The van der Waals surface area contributed by atoms with Gasteiger partial charge in [0.25, 0.3) is 0 Å². The van der Waals surface area contributed by atoms with Gasteiger partial charge in [-0.15, -0.1) is 0 Å². The molecule has 0 bridgehead atoms. The Balaban J connectivity index is 2.10. The molecule has 2 aromatic rings. The van der Waals surface area contributed by atoms with Gasteiger partial charge in [-0.05, 0) is 31.4 Å². The van der Waals surface area contributed by atoms with Crippen molar-refractivity contribution >= 4 is 5.57 Å². The van der Waals surface area contributed by atoms with Gasteiger partial charge in [0.15, 0.2) is 5.82 Å². The lowest BCUT2D eigenvalue weighted by molar-refractivity contribution is 0.146. The standard InChI is InChI=1S/C21H26N2O3/c1-4-5-7-12-16-13-17(24)18(15-10-8-6-9-11-15)19(25)21(16,3)20-22-14(2)26-23-20/h6,8-11,13,19,24-25H,4-5,7,12H2,1-3H3. The van der Waals surface area contributed by atoms with E-state index in [1.54, 1.807) is 13.0 Å². The van der Waals surface area contributed by atoms with Gasteiger partial charge in [0.2, 0.25) is 5.89 Å². The second kappa shape index (κ2) is 7.46. The topological polar surface area (TPSA) is 79.4 Å². The van der Waals surface area contributed by atoms with Gasteiger partial charge in [-0.3, -0.25) is 0 Å². The van der Waals surface area contributed by atoms with Crippen LogP contribution in [0.2, 0.25) is 0 Å². The summed E-state index contributed by atoms with van der Waals surface area (Å²) in [6.45, 7) is 5.81. The number of unbranched alkanes of at least 4 members (excludes halogenated alkanes) is 2. The van der Waals surface area contributed by atoms with Gasteiger partial charge in [-0.25, -0.2) is 0 Å². The average molecular weight is 354 g/mol. The number of aliphatic hydroxyl groups is 2. The van der Waals surface area contributed by atoms with E-state index in [2.05, 4.69) is 17.1 Å². The normalized spacial score (nSPS) is 23.2. The number of aliphatic hydroxyl groups excluding tert-OH is 2. The number of allylic oxidation sites excluding steroid dienone is 1. The molecule has 138 valence electrons. The van der Waals surface area contributed by atoms with Crippen molar-refractivity contribution < 1.29 is 14.7 Å². The van der Waals surface area contributed by atoms with E-state index >= 15 is 0 Å². The first kappa shape index (κ1) is 18.4. The van der Waals surface area contributed by atoms with Crippen LogP contribution in [-0.2, 0) is 5.41 Å². The molecule has 3 rings (SSSR count). The Labute approximate surface area is 154 Å². The van der Waals surface area contributed by atoms with E-state index in [4.69, 9.17) is 4.52 Å². The molecule has 0 spiro atoms. The number of rotatable bonds is 6. The van der Waals surface area contributed by atoms with E-state index < -0.39 is 11.5 Å². The average Bonchev–Trinajstić information content (AvgIpc) is 3.07. The first-order valence-electron chi connectivity index (χ1n) is 9.17. The van der Waals surface area contributed by atoms with Crippen molar-refractivity contribution in [1.82, 2.24) is 10.1 Å². The van der Waals surface area contributed by atoms with E-state index in [1.165, 1.54) is 0 Å². The van der Waals surface area contributed by atoms with Gasteiger partial charge >= 0.3 is 0 Å². The first-order valence-corrected chi connectivity index (χ1v) is 9.17. The summed E-state index contributed by atoms with van der Waals surface area (Å²) in [6, 6.07) is 9.44. The van der Waals surface area contributed by atoms with Gasteiger partial charge in [0.05, 0.1) is 11.5 Å². The molecule has 0 amide bonds. The Morgan fingerprint density at radius 1 is 1.19 bits per heavy atom. The summed E-state index contributed by atoms with van der Waals surface area (Å²) < 4.78 is 5.20. The van der Waals surface area contributed by atoms with Crippen LogP contribution in [0.3, 0.4) is 0 Å². The molecule has 2 N–H and O–H groups in total. The van der Waals surface area contributed by atoms with Crippen LogP contribution in [0.25, 0.3) is 5.57 Å². The van der Waals surface area contributed by atoms with Gasteiger partial charge in [0.1, 0.15) is 5.76 Å². The highest BCUT2D eigenvalue weighted by Gasteiger charge is 2.47. The molecule has 5 nitrogen and oxygen atoms in total. The zero-order valence-electron chi connectivity index (χ0n) is 15.6. The number of hydrogen-bond acceptors (Lipinski definition) is 5. The maximum absolute atomic E-state index is 11.3. The Morgan fingerprint density at radius 2 is 1.92 bits per heavy atom. The second-order valence-corrected chi connectivity index (χ2v) is 7.03. The van der Waals surface area contributed by atoms with Crippen molar-refractivity contribution in [2.24, 2.45) is 0 Å². The van der Waals surface area contributed by atoms with Gasteiger partial charge in [-0.2, -0.15) is 4.98 Å². The van der Waals surface area contributed by atoms with Crippen molar-refractivity contribution in [3.63, 3.8) is 0 Å². The molecular weight excluding hydrogens is 328 g/mol. The summed E-state index contributed by atoms with van der Waals surface area (Å²) in [6.07, 6.45) is 4.74. The Morgan fingerprint density at radius 3 is 2.54 bits per heavy atom. The van der Waals surface area contributed by atoms with Crippen LogP contribution in [0.1, 0.15) is 56.8 Å². The van der Waals surface area contributed by atoms with Gasteiger partial charge in [0, 0.05) is 12.5 Å². The molecule has 1 aliphatic carbocycles. The Hall–Kier alpha value is -2.40. The maximum Gasteiger partial charge on any atom is 0.223 e. The Bertz CT molecular complexity index is 823. The predicted molar refractivity (Wildman–Crippen MR) is 101 cm³/mol. The summed E-state index contributed by atoms with van der Waals surface area (Å²) in [5.74, 6) is 1.01. The molecule has 1 aliphatic rings. The lowest BCUT2D eigenvalue weighted by Gasteiger charge is -2.39. The number of benzene rings is 1. The fourth-order valence-electron chi connectivity index (χ4n) is 3.59. The molecule has 0 radical (unpaired) electrons. The van der Waals surface area contributed by atoms with Crippen LogP contribution >= 0.6 is 0 Å². The predicted octanol–water partition coefficient (Wildman–Crippen LogP) is 4.49. The minimum atomic E-state index is -0.969. The summed E-state index contributed by atoms with van der Waals surface area (Å²) in [5, 5.41) is 26.1. The molecule has 0 saturated heterocycles. The van der Waals surface area contributed by atoms with Crippen LogP contribution in [0.15, 0.2) is 52.3 Å². The second-order valence-electron chi connectivity index (χ2n) is 7.03. The van der Waals surface area contributed by atoms with Crippen LogP contribution in [-0.4, -0.2) is 26.5 Å². The molecule has 1 heterocycles. The molecule has 0 fully saturated rings. The fraction of sp³-hybridized carbons (Fsp3) is 0.429. The van der Waals surface area contributed by atoms with E-state index in [0.29, 0.717) is 17.3 Å². The highest BCUT2D eigenvalue weighted by molar-refractivity contribution is 5.76. The van der Waals surface area contributed by atoms with Crippen molar-refractivity contribution in [3.8, 4) is 0 Å². The zero-order valence-corrected chi connectivity index (χ0v) is 15.6. The number of aromatic nitrogens is 2. The first-order chi connectivity index (χ1) is 12.5. The third-order valence-electron chi connectivity index (χ3n) is 5.20. The third-order valence-corrected chi connectivity index (χ3v) is 5.20. The van der Waals surface area contributed by atoms with Crippen LogP contribution in [0.4, 0.5) is 0 Å². The van der Waals surface area contributed by atoms with Crippen LogP contribution in [0.5, 0.6) is 0 Å². The van der Waals surface area contributed by atoms with E-state index in [0.717, 1.165) is 36.8 Å². The van der Waals surface area contributed by atoms with Crippen molar-refractivity contribution in [3.05, 3.63) is 65.0 Å². The monoisotopic (exact) mass is 354 g/mol. The lowest BCUT2D eigenvalue weighted by atomic mass is 9.67. The number of hydrogen-bond donors (Lipinski definition) is 2. The molecule has 2 unspecified atom stereocenters. The summed E-state index contributed by atoms with van der Waals surface area (Å²) in [7, 11) is 0. The van der Waals surface area contributed by atoms with Gasteiger partial charge in [-0.1, -0.05) is 60.8 Å². The van der Waals surface area contributed by atoms with Crippen molar-refractivity contribution in [2.75, 3.05) is 0 Å². The highest BCUT2D eigenvalue weighted by Crippen LogP contribution is 2.46. The fourth-order valence-corrected chi connectivity index (χ4v) is 3.59. The minimum Gasteiger partial charge on any atom is -0.508 e. The SMILES string of the molecule is CCCCCC1=CC(O)=C(c2ccccc2)C(O)C1(C)c1noc(C)n1. The summed E-state index contributed by atoms with van der Waals surface area (Å²) >= 11 is 0. The molecule has 0 saturated carbocycles. The minimum absolute atomic E-state index is 0.105. The quantitative estimate of drug-likeness (QED) is 0.747. The lowest BCUT2D eigenvalue weighted by Crippen LogP contribution is -2.43. The zero-order chi connectivity index (χ0) is 18.7. The van der Waals surface area contributed by atoms with E-state index in [9.17, 15) is 10.2 Å². The molecule has 1 aromatic carbocycles. The maximum atomic E-state index is 11.3. The number of aryl methyl sites for hydroxylation is 1. The molecule has 0 aliphatic heterocycles. The molecule has 5 heteroatoms. The highest BCUT2D eigenvalue weighted by atomic mass is 16.5. The third kappa shape index (κ3) is 3.19. The van der Waals surface area contributed by atoms with E-state index in [1.807, 2.05) is 37.3 Å². The largest absolute Gasteiger partial charge is 0.508 e. The van der Waals surface area contributed by atoms with E-state index in [-0.39, 0.29) is 5.76 Å². The molecule has 26 heavy (non-hydrogen) atoms. The van der Waals surface area contributed by atoms with Crippen molar-refractivity contribution in [2.45, 2.75) is 58.0 Å². The molecule has 1 aromatic heterocycles. The van der Waals surface area contributed by atoms with Crippen molar-refractivity contribution in [1.29, 1.82) is 0 Å². The smallest absolute Gasteiger partial charge is 0.223 e.